The normalized spacial score (nSPS) is 9.81. The zero-order chi connectivity index (χ0) is 15.2. The number of para-hydroxylation sites is 1. The van der Waals surface area contributed by atoms with Gasteiger partial charge in [0.25, 0.3) is 0 Å². The summed E-state index contributed by atoms with van der Waals surface area (Å²) in [6.45, 7) is 2.62. The summed E-state index contributed by atoms with van der Waals surface area (Å²) in [4.78, 5) is 0. The van der Waals surface area contributed by atoms with Crippen molar-refractivity contribution in [3.63, 3.8) is 0 Å². The lowest BCUT2D eigenvalue weighted by atomic mass is 10.1. The van der Waals surface area contributed by atoms with Crippen molar-refractivity contribution in [3.8, 4) is 17.6 Å². The molecule has 0 aliphatic heterocycles. The number of nitrogens with one attached hydrogen (secondary N) is 1. The first-order valence-electron chi connectivity index (χ1n) is 6.64. The smallest absolute Gasteiger partial charge is 0.143 e. The SMILES string of the molecule is COc1ccc(CNc2c(C#N)cccc2OC)cc1C. The first kappa shape index (κ1) is 14.7. The maximum Gasteiger partial charge on any atom is 0.143 e. The summed E-state index contributed by atoms with van der Waals surface area (Å²) in [6.07, 6.45) is 0. The summed E-state index contributed by atoms with van der Waals surface area (Å²) in [5, 5.41) is 12.5. The van der Waals surface area contributed by atoms with Crippen molar-refractivity contribution in [3.05, 3.63) is 53.1 Å². The molecule has 4 nitrogen and oxygen atoms in total. The second-order valence-electron chi connectivity index (χ2n) is 4.65. The highest BCUT2D eigenvalue weighted by molar-refractivity contribution is 5.66. The van der Waals surface area contributed by atoms with Crippen molar-refractivity contribution in [1.82, 2.24) is 0 Å². The summed E-state index contributed by atoms with van der Waals surface area (Å²) in [6, 6.07) is 13.6. The van der Waals surface area contributed by atoms with E-state index < -0.39 is 0 Å². The fourth-order valence-electron chi connectivity index (χ4n) is 2.22. The van der Waals surface area contributed by atoms with Crippen molar-refractivity contribution in [1.29, 1.82) is 5.26 Å². The lowest BCUT2D eigenvalue weighted by molar-refractivity contribution is 0.411. The molecule has 0 saturated heterocycles. The van der Waals surface area contributed by atoms with Gasteiger partial charge in [-0.1, -0.05) is 18.2 Å². The van der Waals surface area contributed by atoms with Crippen molar-refractivity contribution in [2.75, 3.05) is 19.5 Å². The van der Waals surface area contributed by atoms with Crippen LogP contribution in [0.1, 0.15) is 16.7 Å². The molecule has 0 radical (unpaired) electrons. The van der Waals surface area contributed by atoms with Gasteiger partial charge in [0.05, 0.1) is 25.5 Å². The van der Waals surface area contributed by atoms with Gasteiger partial charge in [0, 0.05) is 6.54 Å². The van der Waals surface area contributed by atoms with Gasteiger partial charge < -0.3 is 14.8 Å². The van der Waals surface area contributed by atoms with Crippen LogP contribution in [0.4, 0.5) is 5.69 Å². The lowest BCUT2D eigenvalue weighted by Gasteiger charge is -2.13. The maximum atomic E-state index is 9.19. The Labute approximate surface area is 124 Å². The van der Waals surface area contributed by atoms with Gasteiger partial charge in [-0.25, -0.2) is 0 Å². The molecule has 108 valence electrons. The molecule has 0 heterocycles. The first-order chi connectivity index (χ1) is 10.2. The largest absolute Gasteiger partial charge is 0.496 e. The second-order valence-corrected chi connectivity index (χ2v) is 4.65. The highest BCUT2D eigenvalue weighted by Crippen LogP contribution is 2.28. The molecule has 4 heteroatoms. The average Bonchev–Trinajstić information content (AvgIpc) is 2.52. The van der Waals surface area contributed by atoms with E-state index in [4.69, 9.17) is 9.47 Å². The summed E-state index contributed by atoms with van der Waals surface area (Å²) in [5.74, 6) is 1.54. The van der Waals surface area contributed by atoms with E-state index in [9.17, 15) is 5.26 Å². The van der Waals surface area contributed by atoms with Crippen LogP contribution in [0.5, 0.6) is 11.5 Å². The molecule has 0 unspecified atom stereocenters. The molecule has 2 aromatic carbocycles. The zero-order valence-corrected chi connectivity index (χ0v) is 12.4. The van der Waals surface area contributed by atoms with E-state index in [1.54, 1.807) is 26.4 Å². The van der Waals surface area contributed by atoms with E-state index >= 15 is 0 Å². The number of hydrogen-bond donors (Lipinski definition) is 1. The van der Waals surface area contributed by atoms with E-state index in [0.717, 1.165) is 22.6 Å². The van der Waals surface area contributed by atoms with Crippen LogP contribution in [0.2, 0.25) is 0 Å². The minimum absolute atomic E-state index is 0.569. The van der Waals surface area contributed by atoms with Gasteiger partial charge in [0.2, 0.25) is 0 Å². The van der Waals surface area contributed by atoms with Gasteiger partial charge >= 0.3 is 0 Å². The molecule has 0 fully saturated rings. The minimum Gasteiger partial charge on any atom is -0.496 e. The summed E-state index contributed by atoms with van der Waals surface area (Å²) >= 11 is 0. The first-order valence-corrected chi connectivity index (χ1v) is 6.64. The molecule has 0 aliphatic carbocycles. The number of aryl methyl sites for hydroxylation is 1. The number of anilines is 1. The van der Waals surface area contributed by atoms with Crippen molar-refractivity contribution < 1.29 is 9.47 Å². The maximum absolute atomic E-state index is 9.19. The molecular formula is C17H18N2O2. The van der Waals surface area contributed by atoms with Gasteiger partial charge in [-0.05, 0) is 36.2 Å². The fourth-order valence-corrected chi connectivity index (χ4v) is 2.22. The van der Waals surface area contributed by atoms with Crippen molar-refractivity contribution in [2.45, 2.75) is 13.5 Å². The zero-order valence-electron chi connectivity index (χ0n) is 12.4. The third kappa shape index (κ3) is 3.26. The average molecular weight is 282 g/mol. The van der Waals surface area contributed by atoms with Gasteiger partial charge in [-0.3, -0.25) is 0 Å². The molecule has 0 saturated carbocycles. The van der Waals surface area contributed by atoms with E-state index in [-0.39, 0.29) is 0 Å². The number of rotatable bonds is 5. The molecule has 21 heavy (non-hydrogen) atoms. The van der Waals surface area contributed by atoms with Crippen molar-refractivity contribution in [2.24, 2.45) is 0 Å². The van der Waals surface area contributed by atoms with Crippen LogP contribution in [0.15, 0.2) is 36.4 Å². The Morgan fingerprint density at radius 3 is 2.48 bits per heavy atom. The van der Waals surface area contributed by atoms with Crippen LogP contribution < -0.4 is 14.8 Å². The Hall–Kier alpha value is -2.67. The predicted octanol–water partition coefficient (Wildman–Crippen LogP) is 3.50. The fraction of sp³-hybridized carbons (Fsp3) is 0.235. The highest BCUT2D eigenvalue weighted by atomic mass is 16.5. The number of benzene rings is 2. The Kier molecular flexibility index (Phi) is 4.68. The molecule has 0 atom stereocenters. The van der Waals surface area contributed by atoms with Gasteiger partial charge in [-0.15, -0.1) is 0 Å². The third-order valence-corrected chi connectivity index (χ3v) is 3.30. The van der Waals surface area contributed by atoms with Crippen LogP contribution in [-0.4, -0.2) is 14.2 Å². The van der Waals surface area contributed by atoms with Gasteiger partial charge in [-0.2, -0.15) is 5.26 Å². The molecule has 2 rings (SSSR count). The molecule has 0 amide bonds. The van der Waals surface area contributed by atoms with Crippen LogP contribution in [0.3, 0.4) is 0 Å². The Morgan fingerprint density at radius 2 is 1.86 bits per heavy atom. The van der Waals surface area contributed by atoms with E-state index in [2.05, 4.69) is 17.5 Å². The second kappa shape index (κ2) is 6.67. The van der Waals surface area contributed by atoms with E-state index in [1.807, 2.05) is 25.1 Å². The molecule has 0 aliphatic rings. The van der Waals surface area contributed by atoms with Crippen molar-refractivity contribution >= 4 is 5.69 Å². The molecule has 1 N–H and O–H groups in total. The summed E-state index contributed by atoms with van der Waals surface area (Å²) < 4.78 is 10.6. The Morgan fingerprint density at radius 1 is 1.10 bits per heavy atom. The highest BCUT2D eigenvalue weighted by Gasteiger charge is 2.08. The number of nitriles is 1. The molecule has 0 aromatic heterocycles. The van der Waals surface area contributed by atoms with Crippen LogP contribution >= 0.6 is 0 Å². The number of ether oxygens (including phenoxy) is 2. The lowest BCUT2D eigenvalue weighted by Crippen LogP contribution is -2.04. The number of methoxy groups -OCH3 is 2. The predicted molar refractivity (Wildman–Crippen MR) is 82.8 cm³/mol. The minimum atomic E-state index is 0.569. The monoisotopic (exact) mass is 282 g/mol. The summed E-state index contributed by atoms with van der Waals surface area (Å²) in [5.41, 5.74) is 3.48. The topological polar surface area (TPSA) is 54.3 Å². The third-order valence-electron chi connectivity index (χ3n) is 3.30. The van der Waals surface area contributed by atoms with E-state index in [1.165, 1.54) is 0 Å². The van der Waals surface area contributed by atoms with Gasteiger partial charge in [0.15, 0.2) is 0 Å². The molecule has 0 bridgehead atoms. The Balaban J connectivity index is 2.20. The van der Waals surface area contributed by atoms with E-state index in [0.29, 0.717) is 17.9 Å². The van der Waals surface area contributed by atoms with Crippen LogP contribution in [-0.2, 0) is 6.54 Å². The van der Waals surface area contributed by atoms with Crippen LogP contribution in [0.25, 0.3) is 0 Å². The van der Waals surface area contributed by atoms with Gasteiger partial charge in [0.1, 0.15) is 17.6 Å². The Bertz CT molecular complexity index is 675. The molecular weight excluding hydrogens is 264 g/mol. The quantitative estimate of drug-likeness (QED) is 0.912. The summed E-state index contributed by atoms with van der Waals surface area (Å²) in [7, 11) is 3.26. The number of hydrogen-bond acceptors (Lipinski definition) is 4. The molecule has 2 aromatic rings. The van der Waals surface area contributed by atoms with Crippen LogP contribution in [0, 0.1) is 18.3 Å². The number of nitrogens with zero attached hydrogens (tertiary/aromatic N) is 1. The molecule has 0 spiro atoms. The standard InChI is InChI=1S/C17H18N2O2/c1-12-9-13(7-8-15(12)20-2)11-19-17-14(10-18)5-4-6-16(17)21-3/h4-9,19H,11H2,1-3H3.